The zero-order valence-corrected chi connectivity index (χ0v) is 8.62. The summed E-state index contributed by atoms with van der Waals surface area (Å²) in [5, 5.41) is 0. The predicted molar refractivity (Wildman–Crippen MR) is 53.2 cm³/mol. The van der Waals surface area contributed by atoms with Crippen molar-refractivity contribution in [2.45, 2.75) is 39.2 Å². The maximum absolute atomic E-state index is 11.7. The summed E-state index contributed by atoms with van der Waals surface area (Å²) in [6, 6.07) is 0.311. The minimum Gasteiger partial charge on any atom is -0.338 e. The average Bonchev–Trinajstić information content (AvgIpc) is 2.49. The van der Waals surface area contributed by atoms with E-state index in [1.807, 2.05) is 4.90 Å². The van der Waals surface area contributed by atoms with Gasteiger partial charge in [0.1, 0.15) is 0 Å². The summed E-state index contributed by atoms with van der Waals surface area (Å²) >= 11 is 0. The number of hydrogen-bond donors (Lipinski definition) is 1. The Bertz CT molecular complexity index is 180. The van der Waals surface area contributed by atoms with Crippen LogP contribution in [0.25, 0.3) is 0 Å². The zero-order valence-electron chi connectivity index (χ0n) is 8.62. The summed E-state index contributed by atoms with van der Waals surface area (Å²) < 4.78 is 0. The lowest BCUT2D eigenvalue weighted by atomic mass is 10.1. The molecule has 0 saturated carbocycles. The monoisotopic (exact) mass is 184 g/mol. The molecular weight excluding hydrogens is 164 g/mol. The largest absolute Gasteiger partial charge is 0.338 e. The van der Waals surface area contributed by atoms with Gasteiger partial charge < -0.3 is 10.6 Å². The number of rotatable bonds is 3. The fraction of sp³-hybridized carbons (Fsp3) is 0.900. The number of likely N-dealkylation sites (tertiary alicyclic amines) is 1. The van der Waals surface area contributed by atoms with E-state index in [9.17, 15) is 4.79 Å². The van der Waals surface area contributed by atoms with Crippen LogP contribution in [-0.4, -0.2) is 29.9 Å². The van der Waals surface area contributed by atoms with Gasteiger partial charge in [0.25, 0.3) is 0 Å². The van der Waals surface area contributed by atoms with Crippen LogP contribution < -0.4 is 5.73 Å². The summed E-state index contributed by atoms with van der Waals surface area (Å²) in [5.74, 6) is 0.731. The first kappa shape index (κ1) is 10.5. The van der Waals surface area contributed by atoms with E-state index < -0.39 is 0 Å². The maximum Gasteiger partial charge on any atom is 0.223 e. The van der Waals surface area contributed by atoms with Gasteiger partial charge in [0.2, 0.25) is 5.91 Å². The van der Waals surface area contributed by atoms with Crippen LogP contribution in [-0.2, 0) is 4.79 Å². The van der Waals surface area contributed by atoms with Gasteiger partial charge in [-0.15, -0.1) is 0 Å². The third-order valence-electron chi connectivity index (χ3n) is 2.55. The van der Waals surface area contributed by atoms with Crippen molar-refractivity contribution in [1.82, 2.24) is 4.90 Å². The second-order valence-corrected chi connectivity index (χ2v) is 4.22. The fourth-order valence-electron chi connectivity index (χ4n) is 1.88. The van der Waals surface area contributed by atoms with Crippen LogP contribution in [0.5, 0.6) is 0 Å². The van der Waals surface area contributed by atoms with Gasteiger partial charge in [-0.1, -0.05) is 13.8 Å². The Hall–Kier alpha value is -0.570. The highest BCUT2D eigenvalue weighted by molar-refractivity contribution is 5.77. The maximum atomic E-state index is 11.7. The Kier molecular flexibility index (Phi) is 3.72. The van der Waals surface area contributed by atoms with Crippen molar-refractivity contribution in [3.8, 4) is 0 Å². The van der Waals surface area contributed by atoms with Crippen LogP contribution >= 0.6 is 0 Å². The molecule has 1 fully saturated rings. The first-order chi connectivity index (χ1) is 6.15. The van der Waals surface area contributed by atoms with E-state index in [0.29, 0.717) is 24.9 Å². The molecule has 0 unspecified atom stereocenters. The van der Waals surface area contributed by atoms with Gasteiger partial charge in [-0.25, -0.2) is 0 Å². The third kappa shape index (κ3) is 2.69. The molecule has 1 rings (SSSR count). The van der Waals surface area contributed by atoms with Crippen molar-refractivity contribution in [3.05, 3.63) is 0 Å². The van der Waals surface area contributed by atoms with E-state index in [2.05, 4.69) is 13.8 Å². The lowest BCUT2D eigenvalue weighted by Gasteiger charge is -2.24. The predicted octanol–water partition coefficient (Wildman–Crippen LogP) is 0.982. The van der Waals surface area contributed by atoms with Crippen molar-refractivity contribution in [2.24, 2.45) is 11.7 Å². The molecule has 1 saturated heterocycles. The van der Waals surface area contributed by atoms with Crippen LogP contribution in [0.2, 0.25) is 0 Å². The molecule has 0 aliphatic carbocycles. The summed E-state index contributed by atoms with van der Waals surface area (Å²) in [5.41, 5.74) is 5.60. The highest BCUT2D eigenvalue weighted by Gasteiger charge is 2.27. The summed E-state index contributed by atoms with van der Waals surface area (Å²) in [7, 11) is 0. The number of carbonyl (C=O) groups excluding carboxylic acids is 1. The van der Waals surface area contributed by atoms with Gasteiger partial charge in [0, 0.05) is 25.6 Å². The first-order valence-electron chi connectivity index (χ1n) is 5.14. The van der Waals surface area contributed by atoms with Crippen LogP contribution in [0.1, 0.15) is 33.1 Å². The van der Waals surface area contributed by atoms with E-state index >= 15 is 0 Å². The molecule has 0 aromatic rings. The fourth-order valence-corrected chi connectivity index (χ4v) is 1.88. The molecule has 1 amide bonds. The van der Waals surface area contributed by atoms with E-state index in [-0.39, 0.29) is 5.91 Å². The molecule has 0 spiro atoms. The molecule has 1 atom stereocenters. The third-order valence-corrected chi connectivity index (χ3v) is 2.55. The van der Waals surface area contributed by atoms with Gasteiger partial charge in [-0.2, -0.15) is 0 Å². The second-order valence-electron chi connectivity index (χ2n) is 4.22. The number of hydrogen-bond acceptors (Lipinski definition) is 2. The standard InChI is InChI=1S/C10H20N2O/c1-8(2)6-10(13)12-5-3-4-9(12)7-11/h8-9H,3-7,11H2,1-2H3/t9-/m0/s1. The number of nitrogens with two attached hydrogens (primary N) is 1. The second kappa shape index (κ2) is 4.61. The molecule has 3 heteroatoms. The quantitative estimate of drug-likeness (QED) is 0.710. The molecule has 1 aliphatic rings. The topological polar surface area (TPSA) is 46.3 Å². The van der Waals surface area contributed by atoms with Gasteiger partial charge in [0.15, 0.2) is 0 Å². The Morgan fingerprint density at radius 3 is 2.85 bits per heavy atom. The van der Waals surface area contributed by atoms with Crippen LogP contribution in [0.15, 0.2) is 0 Å². The molecule has 0 aromatic heterocycles. The van der Waals surface area contributed by atoms with E-state index in [4.69, 9.17) is 5.73 Å². The summed E-state index contributed by atoms with van der Waals surface area (Å²) in [4.78, 5) is 13.7. The van der Waals surface area contributed by atoms with E-state index in [1.165, 1.54) is 0 Å². The Morgan fingerprint density at radius 1 is 1.62 bits per heavy atom. The van der Waals surface area contributed by atoms with Gasteiger partial charge in [-0.05, 0) is 18.8 Å². The Labute approximate surface area is 80.3 Å². The number of amides is 1. The Morgan fingerprint density at radius 2 is 2.31 bits per heavy atom. The van der Waals surface area contributed by atoms with Gasteiger partial charge in [-0.3, -0.25) is 4.79 Å². The van der Waals surface area contributed by atoms with Crippen molar-refractivity contribution >= 4 is 5.91 Å². The molecule has 13 heavy (non-hydrogen) atoms. The lowest BCUT2D eigenvalue weighted by Crippen LogP contribution is -2.40. The van der Waals surface area contributed by atoms with Crippen molar-refractivity contribution in [3.63, 3.8) is 0 Å². The molecule has 0 radical (unpaired) electrons. The molecule has 0 aromatic carbocycles. The first-order valence-corrected chi connectivity index (χ1v) is 5.14. The highest BCUT2D eigenvalue weighted by atomic mass is 16.2. The highest BCUT2D eigenvalue weighted by Crippen LogP contribution is 2.18. The average molecular weight is 184 g/mol. The van der Waals surface area contributed by atoms with E-state index in [1.54, 1.807) is 0 Å². The minimum absolute atomic E-state index is 0.281. The smallest absolute Gasteiger partial charge is 0.223 e. The minimum atomic E-state index is 0.281. The van der Waals surface area contributed by atoms with Crippen LogP contribution in [0, 0.1) is 5.92 Å². The zero-order chi connectivity index (χ0) is 9.84. The molecule has 76 valence electrons. The van der Waals surface area contributed by atoms with Crippen LogP contribution in [0.4, 0.5) is 0 Å². The molecule has 2 N–H and O–H groups in total. The molecule has 1 aliphatic heterocycles. The molecule has 0 bridgehead atoms. The van der Waals surface area contributed by atoms with Crippen molar-refractivity contribution in [2.75, 3.05) is 13.1 Å². The molecule has 3 nitrogen and oxygen atoms in total. The molecule has 1 heterocycles. The SMILES string of the molecule is CC(C)CC(=O)N1CCC[C@H]1CN. The Balaban J connectivity index is 2.45. The van der Waals surface area contributed by atoms with E-state index in [0.717, 1.165) is 19.4 Å². The van der Waals surface area contributed by atoms with Crippen LogP contribution in [0.3, 0.4) is 0 Å². The number of carbonyl (C=O) groups is 1. The van der Waals surface area contributed by atoms with Gasteiger partial charge >= 0.3 is 0 Å². The number of nitrogens with zero attached hydrogens (tertiary/aromatic N) is 1. The van der Waals surface area contributed by atoms with Crippen molar-refractivity contribution < 1.29 is 4.79 Å². The normalized spacial score (nSPS) is 22.8. The molecular formula is C10H20N2O. The summed E-state index contributed by atoms with van der Waals surface area (Å²) in [6.07, 6.45) is 2.86. The summed E-state index contributed by atoms with van der Waals surface area (Å²) in [6.45, 7) is 5.67. The van der Waals surface area contributed by atoms with Gasteiger partial charge in [0.05, 0.1) is 0 Å². The lowest BCUT2D eigenvalue weighted by molar-refractivity contribution is -0.132. The van der Waals surface area contributed by atoms with Crippen molar-refractivity contribution in [1.29, 1.82) is 0 Å².